The fraction of sp³-hybridized carbons (Fsp3) is 0.222. The number of nitrogens with zero attached hydrogens (tertiary/aromatic N) is 1. The first kappa shape index (κ1) is 9.97. The summed E-state index contributed by atoms with van der Waals surface area (Å²) in [7, 11) is 0. The van der Waals surface area contributed by atoms with Crippen molar-refractivity contribution in [2.45, 2.75) is 11.3 Å². The van der Waals surface area contributed by atoms with Gasteiger partial charge in [-0.3, -0.25) is 14.9 Å². The van der Waals surface area contributed by atoms with E-state index in [-0.39, 0.29) is 11.6 Å². The van der Waals surface area contributed by atoms with Crippen LogP contribution in [-0.2, 0) is 4.79 Å². The van der Waals surface area contributed by atoms with E-state index < -0.39 is 4.92 Å². The highest BCUT2D eigenvalue weighted by Crippen LogP contribution is 2.33. The van der Waals surface area contributed by atoms with Crippen LogP contribution in [0, 0.1) is 10.1 Å². The van der Waals surface area contributed by atoms with E-state index in [1.807, 2.05) is 0 Å². The quantitative estimate of drug-likeness (QED) is 0.585. The summed E-state index contributed by atoms with van der Waals surface area (Å²) < 4.78 is 0. The molecular weight excluding hydrogens is 216 g/mol. The first-order valence-corrected chi connectivity index (χ1v) is 5.36. The van der Waals surface area contributed by atoms with Crippen LogP contribution < -0.4 is 5.32 Å². The molecule has 0 saturated heterocycles. The Balaban J connectivity index is 2.40. The van der Waals surface area contributed by atoms with E-state index in [1.165, 1.54) is 23.9 Å². The first-order valence-electron chi connectivity index (χ1n) is 4.38. The Hall–Kier alpha value is -1.56. The number of thioether (sulfide) groups is 1. The Kier molecular flexibility index (Phi) is 2.59. The van der Waals surface area contributed by atoms with Crippen molar-refractivity contribution in [1.29, 1.82) is 0 Å². The number of nitro groups is 1. The van der Waals surface area contributed by atoms with Crippen molar-refractivity contribution < 1.29 is 9.72 Å². The zero-order valence-corrected chi connectivity index (χ0v) is 8.54. The van der Waals surface area contributed by atoms with Gasteiger partial charge in [-0.05, 0) is 6.07 Å². The van der Waals surface area contributed by atoms with Crippen LogP contribution in [0.25, 0.3) is 0 Å². The minimum Gasteiger partial charge on any atom is -0.325 e. The number of amides is 1. The molecule has 0 unspecified atom stereocenters. The minimum absolute atomic E-state index is 0.0462. The highest BCUT2D eigenvalue weighted by Gasteiger charge is 2.16. The van der Waals surface area contributed by atoms with Crippen LogP contribution in [0.4, 0.5) is 11.4 Å². The Labute approximate surface area is 90.0 Å². The summed E-state index contributed by atoms with van der Waals surface area (Å²) in [6.07, 6.45) is 0.438. The van der Waals surface area contributed by atoms with Gasteiger partial charge in [0.1, 0.15) is 0 Å². The van der Waals surface area contributed by atoms with Crippen molar-refractivity contribution >= 4 is 29.0 Å². The van der Waals surface area contributed by atoms with E-state index in [0.29, 0.717) is 17.9 Å². The number of nitro benzene ring substituents is 1. The lowest BCUT2D eigenvalue weighted by Crippen LogP contribution is -2.10. The molecule has 1 aliphatic rings. The van der Waals surface area contributed by atoms with Crippen LogP contribution in [0.2, 0.25) is 0 Å². The smallest absolute Gasteiger partial charge is 0.270 e. The molecule has 0 spiro atoms. The Morgan fingerprint density at radius 2 is 2.27 bits per heavy atom. The van der Waals surface area contributed by atoms with Crippen LogP contribution >= 0.6 is 11.8 Å². The predicted molar refractivity (Wildman–Crippen MR) is 57.1 cm³/mol. The summed E-state index contributed by atoms with van der Waals surface area (Å²) in [5.41, 5.74) is 0.713. The third kappa shape index (κ3) is 2.10. The maximum absolute atomic E-state index is 11.2. The number of fused-ring (bicyclic) bond motifs is 1. The van der Waals surface area contributed by atoms with Gasteiger partial charge in [0.25, 0.3) is 5.69 Å². The lowest BCUT2D eigenvalue weighted by Gasteiger charge is -2.04. The molecular formula is C9H8N2O3S. The van der Waals surface area contributed by atoms with E-state index in [0.717, 1.165) is 4.90 Å². The zero-order valence-electron chi connectivity index (χ0n) is 7.73. The van der Waals surface area contributed by atoms with Crippen molar-refractivity contribution in [3.63, 3.8) is 0 Å². The van der Waals surface area contributed by atoms with Crippen LogP contribution in [-0.4, -0.2) is 16.6 Å². The zero-order chi connectivity index (χ0) is 10.8. The SMILES string of the molecule is O=C1CCSc2cc([N+](=O)[O-])ccc2N1. The molecule has 0 bridgehead atoms. The lowest BCUT2D eigenvalue weighted by atomic mass is 10.3. The van der Waals surface area contributed by atoms with Crippen LogP contribution in [0.1, 0.15) is 6.42 Å². The standard InChI is InChI=1S/C9H8N2O3S/c12-9-3-4-15-8-5-6(11(13)14)1-2-7(8)10-9/h1-2,5H,3-4H2,(H,10,12). The molecule has 1 amide bonds. The molecule has 0 aromatic heterocycles. The second-order valence-corrected chi connectivity index (χ2v) is 4.22. The van der Waals surface area contributed by atoms with Gasteiger partial charge in [0.15, 0.2) is 0 Å². The predicted octanol–water partition coefficient (Wildman–Crippen LogP) is 2.03. The third-order valence-electron chi connectivity index (χ3n) is 2.04. The topological polar surface area (TPSA) is 72.2 Å². The molecule has 15 heavy (non-hydrogen) atoms. The molecule has 0 atom stereocenters. The Morgan fingerprint density at radius 3 is 3.00 bits per heavy atom. The maximum Gasteiger partial charge on any atom is 0.270 e. The fourth-order valence-corrected chi connectivity index (χ4v) is 2.30. The van der Waals surface area contributed by atoms with Gasteiger partial charge in [-0.1, -0.05) is 0 Å². The van der Waals surface area contributed by atoms with Gasteiger partial charge in [-0.25, -0.2) is 0 Å². The fourth-order valence-electron chi connectivity index (χ4n) is 1.31. The van der Waals surface area contributed by atoms with Gasteiger partial charge in [-0.2, -0.15) is 0 Å². The summed E-state index contributed by atoms with van der Waals surface area (Å²) >= 11 is 1.46. The summed E-state index contributed by atoms with van der Waals surface area (Å²) in [6, 6.07) is 4.46. The van der Waals surface area contributed by atoms with E-state index in [9.17, 15) is 14.9 Å². The van der Waals surface area contributed by atoms with Crippen molar-refractivity contribution in [3.8, 4) is 0 Å². The largest absolute Gasteiger partial charge is 0.325 e. The minimum atomic E-state index is -0.437. The second kappa shape index (κ2) is 3.90. The highest BCUT2D eigenvalue weighted by molar-refractivity contribution is 7.99. The van der Waals surface area contributed by atoms with Gasteiger partial charge in [-0.15, -0.1) is 11.8 Å². The number of rotatable bonds is 1. The summed E-state index contributed by atoms with van der Waals surface area (Å²) in [6.45, 7) is 0. The van der Waals surface area contributed by atoms with E-state index in [2.05, 4.69) is 5.32 Å². The number of carbonyl (C=O) groups is 1. The van der Waals surface area contributed by atoms with E-state index in [1.54, 1.807) is 6.07 Å². The molecule has 1 N–H and O–H groups in total. The van der Waals surface area contributed by atoms with Crippen molar-refractivity contribution in [2.75, 3.05) is 11.1 Å². The third-order valence-corrected chi connectivity index (χ3v) is 3.09. The molecule has 78 valence electrons. The van der Waals surface area contributed by atoms with Gasteiger partial charge in [0.05, 0.1) is 10.6 Å². The van der Waals surface area contributed by atoms with Crippen LogP contribution in [0.15, 0.2) is 23.1 Å². The van der Waals surface area contributed by atoms with Gasteiger partial charge in [0, 0.05) is 29.2 Å². The summed E-state index contributed by atoms with van der Waals surface area (Å²) in [4.78, 5) is 22.1. The monoisotopic (exact) mass is 224 g/mol. The normalized spacial score (nSPS) is 15.1. The highest BCUT2D eigenvalue weighted by atomic mass is 32.2. The number of non-ortho nitro benzene ring substituents is 1. The molecule has 0 saturated carbocycles. The Morgan fingerprint density at radius 1 is 1.47 bits per heavy atom. The Bertz CT molecular complexity index is 433. The first-order chi connectivity index (χ1) is 7.16. The average Bonchev–Trinajstić information content (AvgIpc) is 2.37. The van der Waals surface area contributed by atoms with Gasteiger partial charge in [0.2, 0.25) is 5.91 Å². The molecule has 1 aromatic rings. The number of nitrogens with one attached hydrogen (secondary N) is 1. The maximum atomic E-state index is 11.2. The van der Waals surface area contributed by atoms with Crippen molar-refractivity contribution in [2.24, 2.45) is 0 Å². The van der Waals surface area contributed by atoms with E-state index in [4.69, 9.17) is 0 Å². The van der Waals surface area contributed by atoms with E-state index >= 15 is 0 Å². The van der Waals surface area contributed by atoms with Crippen LogP contribution in [0.5, 0.6) is 0 Å². The number of hydrogen-bond donors (Lipinski definition) is 1. The van der Waals surface area contributed by atoms with Gasteiger partial charge < -0.3 is 5.32 Å². The lowest BCUT2D eigenvalue weighted by molar-refractivity contribution is -0.385. The van der Waals surface area contributed by atoms with Crippen molar-refractivity contribution in [1.82, 2.24) is 0 Å². The molecule has 1 aliphatic heterocycles. The van der Waals surface area contributed by atoms with Crippen LogP contribution in [0.3, 0.4) is 0 Å². The molecule has 1 heterocycles. The number of anilines is 1. The molecule has 5 nitrogen and oxygen atoms in total. The molecule has 6 heteroatoms. The number of benzene rings is 1. The molecule has 0 fully saturated rings. The number of carbonyl (C=O) groups excluding carboxylic acids is 1. The summed E-state index contributed by atoms with van der Waals surface area (Å²) in [5.74, 6) is 0.607. The molecule has 1 aromatic carbocycles. The molecule has 0 radical (unpaired) electrons. The average molecular weight is 224 g/mol. The molecule has 2 rings (SSSR count). The second-order valence-electron chi connectivity index (χ2n) is 3.08. The summed E-state index contributed by atoms with van der Waals surface area (Å²) in [5, 5.41) is 13.3. The molecule has 0 aliphatic carbocycles. The van der Waals surface area contributed by atoms with Crippen molar-refractivity contribution in [3.05, 3.63) is 28.3 Å². The number of hydrogen-bond acceptors (Lipinski definition) is 4. The van der Waals surface area contributed by atoms with Gasteiger partial charge >= 0.3 is 0 Å².